The van der Waals surface area contributed by atoms with Crippen molar-refractivity contribution in [2.24, 2.45) is 5.92 Å². The molecule has 1 amide bonds. The molecule has 2 aliphatic rings. The van der Waals surface area contributed by atoms with Crippen LogP contribution in [-0.2, 0) is 21.0 Å². The fourth-order valence-electron chi connectivity index (χ4n) is 3.70. The van der Waals surface area contributed by atoms with E-state index in [1.54, 1.807) is 6.07 Å². The van der Waals surface area contributed by atoms with Gasteiger partial charge in [-0.25, -0.2) is 8.42 Å². The summed E-state index contributed by atoms with van der Waals surface area (Å²) in [6.45, 7) is 1.01. The SMILES string of the molecule is O=C(NNc1cccc(C(F)(F)F)c1)C1CCN(S(=O)(=O)c2ccc3c(c2)OCCO3)CC1. The normalized spacial score (nSPS) is 17.4. The predicted octanol–water partition coefficient (Wildman–Crippen LogP) is 3.02. The molecule has 0 radical (unpaired) electrons. The van der Waals surface area contributed by atoms with Gasteiger partial charge in [0.25, 0.3) is 0 Å². The number of halogens is 3. The van der Waals surface area contributed by atoms with Crippen LogP contribution in [0.15, 0.2) is 47.4 Å². The predicted molar refractivity (Wildman–Crippen MR) is 112 cm³/mol. The Morgan fingerprint density at radius 1 is 1.00 bits per heavy atom. The highest BCUT2D eigenvalue weighted by Gasteiger charge is 2.33. The molecule has 0 saturated carbocycles. The summed E-state index contributed by atoms with van der Waals surface area (Å²) < 4.78 is 76.6. The number of sulfonamides is 1. The first kappa shape index (κ1) is 23.2. The number of fused-ring (bicyclic) bond motifs is 1. The maximum atomic E-state index is 13.0. The number of benzene rings is 2. The topological polar surface area (TPSA) is 97.0 Å². The van der Waals surface area contributed by atoms with Crippen molar-refractivity contribution in [1.29, 1.82) is 0 Å². The van der Waals surface area contributed by atoms with Crippen LogP contribution in [-0.4, -0.2) is 44.9 Å². The van der Waals surface area contributed by atoms with Gasteiger partial charge in [-0.15, -0.1) is 0 Å². The third-order valence-electron chi connectivity index (χ3n) is 5.50. The number of hydrogen-bond donors (Lipinski definition) is 2. The van der Waals surface area contributed by atoms with E-state index >= 15 is 0 Å². The van der Waals surface area contributed by atoms with Crippen molar-refractivity contribution in [3.8, 4) is 11.5 Å². The highest BCUT2D eigenvalue weighted by molar-refractivity contribution is 7.89. The van der Waals surface area contributed by atoms with Crippen LogP contribution in [0.3, 0.4) is 0 Å². The molecule has 0 aromatic heterocycles. The highest BCUT2D eigenvalue weighted by atomic mass is 32.2. The van der Waals surface area contributed by atoms with Crippen LogP contribution < -0.4 is 20.3 Å². The van der Waals surface area contributed by atoms with Crippen LogP contribution in [0.2, 0.25) is 0 Å². The number of amides is 1. The van der Waals surface area contributed by atoms with Crippen LogP contribution >= 0.6 is 0 Å². The lowest BCUT2D eigenvalue weighted by atomic mass is 9.98. The third kappa shape index (κ3) is 5.17. The third-order valence-corrected chi connectivity index (χ3v) is 7.39. The molecule has 0 bridgehead atoms. The molecule has 8 nitrogen and oxygen atoms in total. The van der Waals surface area contributed by atoms with Gasteiger partial charge in [0.1, 0.15) is 13.2 Å². The minimum absolute atomic E-state index is 0.0841. The molecular weight excluding hydrogens is 463 g/mol. The number of ether oxygens (including phenoxy) is 2. The summed E-state index contributed by atoms with van der Waals surface area (Å²) in [5.74, 6) is -0.0279. The van der Waals surface area contributed by atoms with Gasteiger partial charge >= 0.3 is 6.18 Å². The van der Waals surface area contributed by atoms with Crippen LogP contribution in [0.5, 0.6) is 11.5 Å². The lowest BCUT2D eigenvalue weighted by Crippen LogP contribution is -2.44. The number of carbonyl (C=O) groups excluding carboxylic acids is 1. The van der Waals surface area contributed by atoms with Gasteiger partial charge in [-0.3, -0.25) is 15.6 Å². The molecule has 2 aromatic rings. The standard InChI is InChI=1S/C21H22F3N3O5S/c22-21(23,24)15-2-1-3-16(12-15)25-26-20(28)14-6-8-27(9-7-14)33(29,30)17-4-5-18-19(13-17)32-11-10-31-18/h1-5,12-14,25H,6-11H2,(H,26,28). The van der Waals surface area contributed by atoms with Gasteiger partial charge in [-0.05, 0) is 43.2 Å². The van der Waals surface area contributed by atoms with Crippen LogP contribution in [0.1, 0.15) is 18.4 Å². The average Bonchev–Trinajstić information content (AvgIpc) is 2.82. The quantitative estimate of drug-likeness (QED) is 0.632. The summed E-state index contributed by atoms with van der Waals surface area (Å²) in [7, 11) is -3.77. The summed E-state index contributed by atoms with van der Waals surface area (Å²) >= 11 is 0. The van der Waals surface area contributed by atoms with E-state index in [1.807, 2.05) is 0 Å². The van der Waals surface area contributed by atoms with Gasteiger partial charge in [-0.1, -0.05) is 6.07 Å². The molecule has 1 saturated heterocycles. The zero-order valence-electron chi connectivity index (χ0n) is 17.4. The van der Waals surface area contributed by atoms with Crippen LogP contribution in [0, 0.1) is 5.92 Å². The molecule has 2 N–H and O–H groups in total. The van der Waals surface area contributed by atoms with E-state index < -0.39 is 33.6 Å². The summed E-state index contributed by atoms with van der Waals surface area (Å²) in [5, 5.41) is 0. The summed E-state index contributed by atoms with van der Waals surface area (Å²) in [6.07, 6.45) is -3.93. The van der Waals surface area contributed by atoms with Crippen molar-refractivity contribution in [3.63, 3.8) is 0 Å². The molecule has 12 heteroatoms. The fourth-order valence-corrected chi connectivity index (χ4v) is 5.19. The molecule has 0 unspecified atom stereocenters. The van der Waals surface area contributed by atoms with E-state index in [4.69, 9.17) is 9.47 Å². The number of rotatable bonds is 5. The Morgan fingerprint density at radius 2 is 1.70 bits per heavy atom. The van der Waals surface area contributed by atoms with Gasteiger partial charge in [0.15, 0.2) is 11.5 Å². The Kier molecular flexibility index (Phi) is 6.39. The summed E-state index contributed by atoms with van der Waals surface area (Å²) in [5.41, 5.74) is 4.17. The van der Waals surface area contributed by atoms with E-state index in [1.165, 1.54) is 28.6 Å². The molecule has 178 valence electrons. The summed E-state index contributed by atoms with van der Waals surface area (Å²) in [4.78, 5) is 12.5. The second-order valence-electron chi connectivity index (χ2n) is 7.68. The van der Waals surface area contributed by atoms with E-state index in [0.29, 0.717) is 24.7 Å². The van der Waals surface area contributed by atoms with Gasteiger partial charge in [0, 0.05) is 25.1 Å². The van der Waals surface area contributed by atoms with Crippen molar-refractivity contribution in [3.05, 3.63) is 48.0 Å². The second-order valence-corrected chi connectivity index (χ2v) is 9.61. The Labute approximate surface area is 188 Å². The molecule has 2 aliphatic heterocycles. The molecule has 0 atom stereocenters. The van der Waals surface area contributed by atoms with E-state index in [2.05, 4.69) is 10.9 Å². The second kappa shape index (κ2) is 9.10. The van der Waals surface area contributed by atoms with Crippen molar-refractivity contribution < 1.29 is 35.9 Å². The van der Waals surface area contributed by atoms with Crippen molar-refractivity contribution in [2.45, 2.75) is 23.9 Å². The Balaban J connectivity index is 1.33. The fraction of sp³-hybridized carbons (Fsp3) is 0.381. The molecule has 33 heavy (non-hydrogen) atoms. The first-order valence-electron chi connectivity index (χ1n) is 10.3. The van der Waals surface area contributed by atoms with E-state index in [-0.39, 0.29) is 36.5 Å². The number of nitrogens with zero attached hydrogens (tertiary/aromatic N) is 1. The van der Waals surface area contributed by atoms with Crippen molar-refractivity contribution in [1.82, 2.24) is 9.73 Å². The van der Waals surface area contributed by atoms with Gasteiger partial charge in [0.2, 0.25) is 15.9 Å². The summed E-state index contributed by atoms with van der Waals surface area (Å²) in [6, 6.07) is 8.91. The lowest BCUT2D eigenvalue weighted by molar-refractivity contribution is -0.137. The highest BCUT2D eigenvalue weighted by Crippen LogP contribution is 2.34. The number of hydrazine groups is 1. The molecule has 2 aromatic carbocycles. The van der Waals surface area contributed by atoms with Crippen molar-refractivity contribution >= 4 is 21.6 Å². The minimum atomic E-state index is -4.49. The maximum Gasteiger partial charge on any atom is 0.416 e. The number of alkyl halides is 3. The minimum Gasteiger partial charge on any atom is -0.486 e. The lowest BCUT2D eigenvalue weighted by Gasteiger charge is -2.31. The molecular formula is C21H22F3N3O5S. The zero-order valence-corrected chi connectivity index (χ0v) is 18.2. The Bertz CT molecular complexity index is 1130. The number of hydrogen-bond acceptors (Lipinski definition) is 6. The number of carbonyl (C=O) groups is 1. The molecule has 2 heterocycles. The number of piperidine rings is 1. The smallest absolute Gasteiger partial charge is 0.416 e. The van der Waals surface area contributed by atoms with Crippen molar-refractivity contribution in [2.75, 3.05) is 31.7 Å². The molecule has 0 aliphatic carbocycles. The van der Waals surface area contributed by atoms with Gasteiger partial charge in [-0.2, -0.15) is 17.5 Å². The Hall–Kier alpha value is -2.99. The average molecular weight is 485 g/mol. The Morgan fingerprint density at radius 3 is 2.39 bits per heavy atom. The maximum absolute atomic E-state index is 13.0. The molecule has 4 rings (SSSR count). The first-order chi connectivity index (χ1) is 15.6. The number of anilines is 1. The largest absolute Gasteiger partial charge is 0.486 e. The van der Waals surface area contributed by atoms with E-state index in [9.17, 15) is 26.4 Å². The molecule has 1 fully saturated rings. The van der Waals surface area contributed by atoms with Crippen LogP contribution in [0.4, 0.5) is 18.9 Å². The number of nitrogens with one attached hydrogen (secondary N) is 2. The van der Waals surface area contributed by atoms with Crippen LogP contribution in [0.25, 0.3) is 0 Å². The zero-order chi connectivity index (χ0) is 23.6. The monoisotopic (exact) mass is 485 g/mol. The molecule has 0 spiro atoms. The van der Waals surface area contributed by atoms with E-state index in [0.717, 1.165) is 12.1 Å². The van der Waals surface area contributed by atoms with Gasteiger partial charge < -0.3 is 9.47 Å². The van der Waals surface area contributed by atoms with Gasteiger partial charge in [0.05, 0.1) is 16.1 Å². The first-order valence-corrected chi connectivity index (χ1v) is 11.7.